The minimum Gasteiger partial charge on any atom is -0.416 e. The zero-order chi connectivity index (χ0) is 15.5. The van der Waals surface area contributed by atoms with E-state index >= 15 is 0 Å². The number of rotatable bonds is 3. The molecule has 0 aliphatic rings. The molecule has 3 rings (SSSR count). The summed E-state index contributed by atoms with van der Waals surface area (Å²) in [5.74, 6) is -0.684. The number of carbonyl (C=O) groups excluding carboxylic acids is 1. The molecule has 0 radical (unpaired) electrons. The van der Waals surface area contributed by atoms with Crippen molar-refractivity contribution in [2.24, 2.45) is 0 Å². The van der Waals surface area contributed by atoms with E-state index in [0.717, 1.165) is 10.8 Å². The molecule has 0 N–H and O–H groups in total. The second kappa shape index (κ2) is 5.65. The Hall–Kier alpha value is -3.21. The largest absolute Gasteiger partial charge is 0.416 e. The van der Waals surface area contributed by atoms with Gasteiger partial charge in [-0.15, -0.1) is 0 Å². The molecule has 0 aliphatic heterocycles. The maximum absolute atomic E-state index is 12.4. The van der Waals surface area contributed by atoms with E-state index in [4.69, 9.17) is 4.74 Å². The van der Waals surface area contributed by atoms with Crippen molar-refractivity contribution in [1.82, 2.24) is 0 Å². The number of benzene rings is 3. The Morgan fingerprint density at radius 3 is 2.41 bits per heavy atom. The lowest BCUT2D eigenvalue weighted by Gasteiger charge is -2.07. The maximum Gasteiger partial charge on any atom is 0.344 e. The number of fused-ring (bicyclic) bond motifs is 1. The average Bonchev–Trinajstić information content (AvgIpc) is 2.54. The van der Waals surface area contributed by atoms with Gasteiger partial charge in [-0.2, -0.15) is 0 Å². The number of hydrogen-bond donors (Lipinski definition) is 0. The predicted molar refractivity (Wildman–Crippen MR) is 82.0 cm³/mol. The molecule has 3 aromatic rings. The van der Waals surface area contributed by atoms with Crippen molar-refractivity contribution >= 4 is 22.4 Å². The first-order valence-electron chi connectivity index (χ1n) is 6.60. The van der Waals surface area contributed by atoms with Crippen LogP contribution in [0, 0.1) is 10.1 Å². The van der Waals surface area contributed by atoms with E-state index in [2.05, 4.69) is 0 Å². The molecule has 0 saturated carbocycles. The Morgan fingerprint density at radius 2 is 1.59 bits per heavy atom. The first-order chi connectivity index (χ1) is 10.7. The van der Waals surface area contributed by atoms with Gasteiger partial charge in [0.05, 0.1) is 10.5 Å². The molecule has 0 fully saturated rings. The zero-order valence-electron chi connectivity index (χ0n) is 11.4. The van der Waals surface area contributed by atoms with Crippen molar-refractivity contribution < 1.29 is 14.5 Å². The zero-order valence-corrected chi connectivity index (χ0v) is 11.4. The van der Waals surface area contributed by atoms with Crippen LogP contribution in [0.2, 0.25) is 0 Å². The van der Waals surface area contributed by atoms with Gasteiger partial charge >= 0.3 is 11.7 Å². The van der Waals surface area contributed by atoms with E-state index in [1.807, 2.05) is 30.3 Å². The molecule has 3 aromatic carbocycles. The maximum atomic E-state index is 12.4. The van der Waals surface area contributed by atoms with Gasteiger partial charge in [0.2, 0.25) is 5.75 Å². The van der Waals surface area contributed by atoms with Crippen molar-refractivity contribution in [3.8, 4) is 5.75 Å². The van der Waals surface area contributed by atoms with Crippen molar-refractivity contribution in [1.29, 1.82) is 0 Å². The summed E-state index contributed by atoms with van der Waals surface area (Å²) >= 11 is 0. The van der Waals surface area contributed by atoms with Gasteiger partial charge in [-0.3, -0.25) is 10.1 Å². The first kappa shape index (κ1) is 13.8. The molecule has 0 bridgehead atoms. The third kappa shape index (κ3) is 2.52. The van der Waals surface area contributed by atoms with Crippen LogP contribution in [0.25, 0.3) is 10.8 Å². The molecule has 22 heavy (non-hydrogen) atoms. The summed E-state index contributed by atoms with van der Waals surface area (Å²) in [5, 5.41) is 12.6. The monoisotopic (exact) mass is 293 g/mol. The van der Waals surface area contributed by atoms with Crippen LogP contribution in [-0.2, 0) is 0 Å². The van der Waals surface area contributed by atoms with E-state index in [9.17, 15) is 14.9 Å². The van der Waals surface area contributed by atoms with Crippen LogP contribution in [0.3, 0.4) is 0 Å². The highest BCUT2D eigenvalue weighted by atomic mass is 16.6. The first-order valence-corrected chi connectivity index (χ1v) is 6.60. The normalized spacial score (nSPS) is 10.4. The summed E-state index contributed by atoms with van der Waals surface area (Å²) in [5.41, 5.74) is 0.132. The smallest absolute Gasteiger partial charge is 0.344 e. The summed E-state index contributed by atoms with van der Waals surface area (Å²) in [4.78, 5) is 22.7. The van der Waals surface area contributed by atoms with E-state index in [-0.39, 0.29) is 11.4 Å². The van der Waals surface area contributed by atoms with Crippen LogP contribution < -0.4 is 4.74 Å². The SMILES string of the molecule is O=C(Oc1ccccc1[N+](=O)[O-])c1cccc2ccccc12. The number of ether oxygens (including phenoxy) is 1. The molecule has 0 heterocycles. The van der Waals surface area contributed by atoms with E-state index in [0.29, 0.717) is 5.56 Å². The van der Waals surface area contributed by atoms with Crippen LogP contribution in [0.15, 0.2) is 66.7 Å². The number of nitro groups is 1. The van der Waals surface area contributed by atoms with Crippen molar-refractivity contribution in [3.05, 3.63) is 82.4 Å². The number of esters is 1. The lowest BCUT2D eigenvalue weighted by atomic mass is 10.0. The van der Waals surface area contributed by atoms with E-state index in [1.54, 1.807) is 18.2 Å². The number of para-hydroxylation sites is 2. The van der Waals surface area contributed by atoms with Crippen LogP contribution >= 0.6 is 0 Å². The van der Waals surface area contributed by atoms with Gasteiger partial charge in [0.15, 0.2) is 0 Å². The number of nitro benzene ring substituents is 1. The van der Waals surface area contributed by atoms with Crippen LogP contribution in [0.1, 0.15) is 10.4 Å². The Labute approximate surface area is 125 Å². The Balaban J connectivity index is 2.00. The molecule has 0 unspecified atom stereocenters. The molecule has 5 nitrogen and oxygen atoms in total. The number of nitrogens with zero attached hydrogens (tertiary/aromatic N) is 1. The van der Waals surface area contributed by atoms with Gasteiger partial charge in [0.25, 0.3) is 0 Å². The minimum atomic E-state index is -0.619. The molecular weight excluding hydrogens is 282 g/mol. The van der Waals surface area contributed by atoms with Crippen molar-refractivity contribution in [2.45, 2.75) is 0 Å². The van der Waals surface area contributed by atoms with Gasteiger partial charge < -0.3 is 4.74 Å². The van der Waals surface area contributed by atoms with Crippen LogP contribution in [0.4, 0.5) is 5.69 Å². The summed E-state index contributed by atoms with van der Waals surface area (Å²) in [6.07, 6.45) is 0. The van der Waals surface area contributed by atoms with Crippen molar-refractivity contribution in [3.63, 3.8) is 0 Å². The fourth-order valence-corrected chi connectivity index (χ4v) is 2.25. The lowest BCUT2D eigenvalue weighted by Crippen LogP contribution is -2.10. The molecule has 0 aliphatic carbocycles. The average molecular weight is 293 g/mol. The van der Waals surface area contributed by atoms with Gasteiger partial charge in [-0.1, -0.05) is 48.5 Å². The highest BCUT2D eigenvalue weighted by Crippen LogP contribution is 2.27. The van der Waals surface area contributed by atoms with Gasteiger partial charge in [0, 0.05) is 6.07 Å². The van der Waals surface area contributed by atoms with E-state index in [1.165, 1.54) is 18.2 Å². The van der Waals surface area contributed by atoms with Gasteiger partial charge in [-0.05, 0) is 22.9 Å². The third-order valence-electron chi connectivity index (χ3n) is 3.27. The molecular formula is C17H11NO4. The van der Waals surface area contributed by atoms with Crippen LogP contribution in [-0.4, -0.2) is 10.9 Å². The highest BCUT2D eigenvalue weighted by molar-refractivity contribution is 6.05. The van der Waals surface area contributed by atoms with Crippen LogP contribution in [0.5, 0.6) is 5.75 Å². The lowest BCUT2D eigenvalue weighted by molar-refractivity contribution is -0.385. The molecule has 0 saturated heterocycles. The Kier molecular flexibility index (Phi) is 3.53. The Bertz CT molecular complexity index is 868. The molecule has 0 atom stereocenters. The molecule has 0 aromatic heterocycles. The summed E-state index contributed by atoms with van der Waals surface area (Å²) in [6, 6.07) is 18.5. The highest BCUT2D eigenvalue weighted by Gasteiger charge is 2.19. The third-order valence-corrected chi connectivity index (χ3v) is 3.27. The fraction of sp³-hybridized carbons (Fsp3) is 0. The standard InChI is InChI=1S/C17H11NO4/c19-17(22-16-11-4-3-10-15(16)18(20)21)14-9-5-7-12-6-1-2-8-13(12)14/h1-11H. The second-order valence-corrected chi connectivity index (χ2v) is 4.64. The minimum absolute atomic E-state index is 0.0644. The molecule has 108 valence electrons. The van der Waals surface area contributed by atoms with E-state index < -0.39 is 10.9 Å². The quantitative estimate of drug-likeness (QED) is 0.317. The van der Waals surface area contributed by atoms with Gasteiger partial charge in [0.1, 0.15) is 0 Å². The summed E-state index contributed by atoms with van der Waals surface area (Å²) < 4.78 is 5.22. The number of hydrogen-bond acceptors (Lipinski definition) is 4. The molecule has 0 amide bonds. The predicted octanol–water partition coefficient (Wildman–Crippen LogP) is 3.97. The molecule has 5 heteroatoms. The Morgan fingerprint density at radius 1 is 0.909 bits per heavy atom. The number of carbonyl (C=O) groups is 1. The van der Waals surface area contributed by atoms with Gasteiger partial charge in [-0.25, -0.2) is 4.79 Å². The topological polar surface area (TPSA) is 69.4 Å². The summed E-state index contributed by atoms with van der Waals surface area (Å²) in [7, 11) is 0. The second-order valence-electron chi connectivity index (χ2n) is 4.64. The molecule has 0 spiro atoms. The summed E-state index contributed by atoms with van der Waals surface area (Å²) in [6.45, 7) is 0. The van der Waals surface area contributed by atoms with Crippen molar-refractivity contribution in [2.75, 3.05) is 0 Å². The fourth-order valence-electron chi connectivity index (χ4n) is 2.25.